The van der Waals surface area contributed by atoms with Gasteiger partial charge in [0.15, 0.2) is 0 Å². The van der Waals surface area contributed by atoms with Crippen molar-refractivity contribution in [2.24, 2.45) is 0 Å². The van der Waals surface area contributed by atoms with Crippen LogP contribution in [0.1, 0.15) is 35.7 Å². The molecule has 0 aromatic carbocycles. The predicted octanol–water partition coefficient (Wildman–Crippen LogP) is 4.98. The van der Waals surface area contributed by atoms with E-state index in [4.69, 9.17) is 0 Å². The number of anilines is 1. The van der Waals surface area contributed by atoms with Gasteiger partial charge in [0.25, 0.3) is 0 Å². The molecule has 0 bridgehead atoms. The molecule has 3 rings (SSSR count). The highest BCUT2D eigenvalue weighted by atomic mass is 32.1. The lowest BCUT2D eigenvalue weighted by atomic mass is 10.1. The molecule has 0 saturated heterocycles. The van der Waals surface area contributed by atoms with Crippen LogP contribution < -0.4 is 5.32 Å². The molecule has 3 nitrogen and oxygen atoms in total. The van der Waals surface area contributed by atoms with Crippen LogP contribution in [0.2, 0.25) is 0 Å². The van der Waals surface area contributed by atoms with Crippen LogP contribution in [0, 0.1) is 0 Å². The van der Waals surface area contributed by atoms with Gasteiger partial charge in [0.1, 0.15) is 0 Å². The molecule has 0 aliphatic rings. The summed E-state index contributed by atoms with van der Waals surface area (Å²) < 4.78 is 1.99. The van der Waals surface area contributed by atoms with E-state index < -0.39 is 0 Å². The van der Waals surface area contributed by atoms with Crippen LogP contribution in [0.25, 0.3) is 0 Å². The van der Waals surface area contributed by atoms with Gasteiger partial charge in [-0.05, 0) is 36.7 Å². The summed E-state index contributed by atoms with van der Waals surface area (Å²) >= 11 is 3.61. The van der Waals surface area contributed by atoms with Gasteiger partial charge >= 0.3 is 0 Å². The Bertz CT molecular complexity index is 654. The van der Waals surface area contributed by atoms with Crippen molar-refractivity contribution in [3.05, 3.63) is 57.2 Å². The van der Waals surface area contributed by atoms with E-state index in [0.29, 0.717) is 12.1 Å². The van der Waals surface area contributed by atoms with Crippen LogP contribution in [-0.2, 0) is 6.42 Å². The molecule has 0 fully saturated rings. The highest BCUT2D eigenvalue weighted by Gasteiger charge is 2.15. The van der Waals surface area contributed by atoms with E-state index in [1.54, 1.807) is 11.3 Å². The maximum Gasteiger partial charge on any atom is 0.0731 e. The van der Waals surface area contributed by atoms with Crippen LogP contribution in [-0.4, -0.2) is 9.78 Å². The fourth-order valence-corrected chi connectivity index (χ4v) is 3.77. The smallest absolute Gasteiger partial charge is 0.0731 e. The van der Waals surface area contributed by atoms with Gasteiger partial charge in [-0.2, -0.15) is 5.10 Å². The molecular formula is C16H19N3S2. The van der Waals surface area contributed by atoms with Gasteiger partial charge in [0.05, 0.1) is 17.9 Å². The number of nitrogens with zero attached hydrogens (tertiary/aromatic N) is 2. The van der Waals surface area contributed by atoms with E-state index in [1.165, 1.54) is 9.75 Å². The molecule has 0 saturated carbocycles. The number of thiophene rings is 2. The third-order valence-corrected chi connectivity index (χ3v) is 5.23. The van der Waals surface area contributed by atoms with Gasteiger partial charge < -0.3 is 5.32 Å². The number of hydrogen-bond acceptors (Lipinski definition) is 4. The molecule has 0 radical (unpaired) electrons. The van der Waals surface area contributed by atoms with E-state index in [-0.39, 0.29) is 0 Å². The highest BCUT2D eigenvalue weighted by Crippen LogP contribution is 2.28. The number of nitrogens with one attached hydrogen (secondary N) is 1. The van der Waals surface area contributed by atoms with Crippen LogP contribution in [0.5, 0.6) is 0 Å². The Balaban J connectivity index is 1.78. The Labute approximate surface area is 133 Å². The van der Waals surface area contributed by atoms with Gasteiger partial charge in [0, 0.05) is 28.4 Å². The van der Waals surface area contributed by atoms with Crippen molar-refractivity contribution in [2.75, 3.05) is 5.32 Å². The lowest BCUT2D eigenvalue weighted by Crippen LogP contribution is -2.11. The maximum atomic E-state index is 4.41. The topological polar surface area (TPSA) is 29.9 Å². The third kappa shape index (κ3) is 3.54. The minimum Gasteiger partial charge on any atom is -0.375 e. The molecule has 0 aliphatic heterocycles. The first-order valence-corrected chi connectivity index (χ1v) is 8.85. The molecular weight excluding hydrogens is 298 g/mol. The number of aromatic nitrogens is 2. The Morgan fingerprint density at radius 2 is 2.00 bits per heavy atom. The van der Waals surface area contributed by atoms with Crippen molar-refractivity contribution < 1.29 is 0 Å². The van der Waals surface area contributed by atoms with Crippen molar-refractivity contribution >= 4 is 28.4 Å². The van der Waals surface area contributed by atoms with Crippen molar-refractivity contribution in [2.45, 2.75) is 32.4 Å². The Morgan fingerprint density at radius 1 is 1.19 bits per heavy atom. The third-order valence-electron chi connectivity index (χ3n) is 3.34. The van der Waals surface area contributed by atoms with Gasteiger partial charge in [-0.15, -0.1) is 22.7 Å². The second-order valence-corrected chi connectivity index (χ2v) is 7.31. The highest BCUT2D eigenvalue weighted by molar-refractivity contribution is 7.10. The number of rotatable bonds is 6. The first-order chi connectivity index (χ1) is 10.2. The molecule has 3 aromatic heterocycles. The second-order valence-electron chi connectivity index (χ2n) is 5.30. The SMILES string of the molecule is CC(C)n1cc(NC(Cc2cccs2)c2cccs2)cn1. The van der Waals surface area contributed by atoms with E-state index in [1.807, 2.05) is 22.2 Å². The summed E-state index contributed by atoms with van der Waals surface area (Å²) in [5.74, 6) is 0. The average Bonchev–Trinajstić information content (AvgIpc) is 3.21. The maximum absolute atomic E-state index is 4.41. The van der Waals surface area contributed by atoms with Crippen molar-refractivity contribution in [1.29, 1.82) is 0 Å². The molecule has 1 atom stereocenters. The van der Waals surface area contributed by atoms with E-state index in [2.05, 4.69) is 65.5 Å². The van der Waals surface area contributed by atoms with E-state index in [0.717, 1.165) is 12.1 Å². The summed E-state index contributed by atoms with van der Waals surface area (Å²) in [6.07, 6.45) is 5.00. The molecule has 5 heteroatoms. The van der Waals surface area contributed by atoms with Crippen LogP contribution in [0.3, 0.4) is 0 Å². The van der Waals surface area contributed by atoms with E-state index in [9.17, 15) is 0 Å². The summed E-state index contributed by atoms with van der Waals surface area (Å²) in [7, 11) is 0. The van der Waals surface area contributed by atoms with Gasteiger partial charge in [-0.25, -0.2) is 0 Å². The zero-order valence-corrected chi connectivity index (χ0v) is 13.8. The second kappa shape index (κ2) is 6.45. The fourth-order valence-electron chi connectivity index (χ4n) is 2.24. The van der Waals surface area contributed by atoms with Crippen molar-refractivity contribution in [1.82, 2.24) is 9.78 Å². The lowest BCUT2D eigenvalue weighted by Gasteiger charge is -2.17. The lowest BCUT2D eigenvalue weighted by molar-refractivity contribution is 0.532. The summed E-state index contributed by atoms with van der Waals surface area (Å²) in [6, 6.07) is 9.31. The molecule has 0 aliphatic carbocycles. The minimum atomic E-state index is 0.300. The first kappa shape index (κ1) is 14.4. The minimum absolute atomic E-state index is 0.300. The molecule has 21 heavy (non-hydrogen) atoms. The van der Waals surface area contributed by atoms with Crippen LogP contribution in [0.4, 0.5) is 5.69 Å². The molecule has 110 valence electrons. The quantitative estimate of drug-likeness (QED) is 0.694. The average molecular weight is 317 g/mol. The molecule has 1 unspecified atom stereocenters. The Kier molecular flexibility index (Phi) is 4.41. The standard InChI is InChI=1S/C16H19N3S2/c1-12(2)19-11-13(10-17-19)18-15(16-6-4-8-21-16)9-14-5-3-7-20-14/h3-8,10-12,15,18H,9H2,1-2H3. The molecule has 3 aromatic rings. The molecule has 0 amide bonds. The van der Waals surface area contributed by atoms with Gasteiger partial charge in [-0.3, -0.25) is 4.68 Å². The summed E-state index contributed by atoms with van der Waals surface area (Å²) in [5.41, 5.74) is 1.08. The van der Waals surface area contributed by atoms with Crippen molar-refractivity contribution in [3.8, 4) is 0 Å². The zero-order valence-electron chi connectivity index (χ0n) is 12.2. The van der Waals surface area contributed by atoms with Crippen LogP contribution >= 0.6 is 22.7 Å². The largest absolute Gasteiger partial charge is 0.375 e. The summed E-state index contributed by atoms with van der Waals surface area (Å²) in [6.45, 7) is 4.28. The molecule has 1 N–H and O–H groups in total. The summed E-state index contributed by atoms with van der Waals surface area (Å²) in [5, 5.41) is 12.3. The molecule has 0 spiro atoms. The van der Waals surface area contributed by atoms with Gasteiger partial charge in [0.2, 0.25) is 0 Å². The number of hydrogen-bond donors (Lipinski definition) is 1. The van der Waals surface area contributed by atoms with Crippen molar-refractivity contribution in [3.63, 3.8) is 0 Å². The van der Waals surface area contributed by atoms with Gasteiger partial charge in [-0.1, -0.05) is 12.1 Å². The first-order valence-electron chi connectivity index (χ1n) is 7.09. The zero-order chi connectivity index (χ0) is 14.7. The monoisotopic (exact) mass is 317 g/mol. The summed E-state index contributed by atoms with van der Waals surface area (Å²) in [4.78, 5) is 2.76. The van der Waals surface area contributed by atoms with E-state index >= 15 is 0 Å². The fraction of sp³-hybridized carbons (Fsp3) is 0.312. The van der Waals surface area contributed by atoms with Crippen LogP contribution in [0.15, 0.2) is 47.4 Å². The normalized spacial score (nSPS) is 12.7. The predicted molar refractivity (Wildman–Crippen MR) is 91.3 cm³/mol. The Hall–Kier alpha value is -1.59. The molecule has 3 heterocycles. The Morgan fingerprint density at radius 3 is 2.62 bits per heavy atom.